The molecule has 7 nitrogen and oxygen atoms in total. The molecule has 2 aromatic carbocycles. The zero-order valence-electron chi connectivity index (χ0n) is 16.8. The third-order valence-corrected chi connectivity index (χ3v) is 4.46. The predicted octanol–water partition coefficient (Wildman–Crippen LogP) is 3.24. The molecule has 7 heteroatoms. The lowest BCUT2D eigenvalue weighted by molar-refractivity contribution is -0.115. The highest BCUT2D eigenvalue weighted by molar-refractivity contribution is 5.95. The van der Waals surface area contributed by atoms with E-state index in [4.69, 9.17) is 0 Å². The molecule has 0 unspecified atom stereocenters. The molecule has 0 aliphatic heterocycles. The van der Waals surface area contributed by atoms with Crippen LogP contribution in [0, 0.1) is 20.8 Å². The van der Waals surface area contributed by atoms with Crippen LogP contribution in [-0.4, -0.2) is 28.3 Å². The van der Waals surface area contributed by atoms with Crippen molar-refractivity contribution in [1.82, 2.24) is 20.4 Å². The Balaban J connectivity index is 1.46. The number of rotatable bonds is 6. The summed E-state index contributed by atoms with van der Waals surface area (Å²) in [6, 6.07) is 13.3. The van der Waals surface area contributed by atoms with E-state index in [1.807, 2.05) is 69.4 Å². The average Bonchev–Trinajstić information content (AvgIpc) is 3.17. The third kappa shape index (κ3) is 5.44. The van der Waals surface area contributed by atoms with Crippen LogP contribution in [-0.2, 0) is 11.3 Å². The molecule has 3 aromatic rings. The van der Waals surface area contributed by atoms with E-state index in [1.165, 1.54) is 0 Å². The minimum atomic E-state index is -0.412. The Morgan fingerprint density at radius 3 is 2.38 bits per heavy atom. The summed E-state index contributed by atoms with van der Waals surface area (Å²) in [6.07, 6.45) is 3.55. The second-order valence-corrected chi connectivity index (χ2v) is 6.99. The van der Waals surface area contributed by atoms with Crippen molar-refractivity contribution in [3.05, 3.63) is 77.1 Å². The Morgan fingerprint density at radius 2 is 1.69 bits per heavy atom. The number of nitrogens with one attached hydrogen (secondary N) is 3. The van der Waals surface area contributed by atoms with Crippen LogP contribution in [0.1, 0.15) is 22.3 Å². The minimum absolute atomic E-state index is 0.109. The molecule has 3 N–H and O–H groups in total. The second-order valence-electron chi connectivity index (χ2n) is 6.99. The smallest absolute Gasteiger partial charge is 0.315 e. The van der Waals surface area contributed by atoms with Gasteiger partial charge < -0.3 is 16.0 Å². The Bertz CT molecular complexity index is 988. The Hall–Kier alpha value is -3.61. The number of anilines is 1. The molecule has 1 heterocycles. The van der Waals surface area contributed by atoms with Crippen LogP contribution in [0.4, 0.5) is 10.5 Å². The predicted molar refractivity (Wildman–Crippen MR) is 113 cm³/mol. The van der Waals surface area contributed by atoms with Gasteiger partial charge in [0.05, 0.1) is 18.4 Å². The number of benzene rings is 2. The van der Waals surface area contributed by atoms with E-state index in [1.54, 1.807) is 10.9 Å². The fraction of sp³-hybridized carbons (Fsp3) is 0.227. The van der Waals surface area contributed by atoms with Crippen molar-refractivity contribution < 1.29 is 9.59 Å². The molecule has 0 aliphatic rings. The lowest BCUT2D eigenvalue weighted by atomic mass is 10.1. The molecule has 0 saturated carbocycles. The van der Waals surface area contributed by atoms with Crippen molar-refractivity contribution in [3.8, 4) is 5.69 Å². The van der Waals surface area contributed by atoms with Gasteiger partial charge in [-0.15, -0.1) is 0 Å². The van der Waals surface area contributed by atoms with Crippen LogP contribution in [0.5, 0.6) is 0 Å². The number of nitrogens with zero attached hydrogens (tertiary/aromatic N) is 2. The number of hydrogen-bond donors (Lipinski definition) is 3. The van der Waals surface area contributed by atoms with E-state index in [0.717, 1.165) is 33.6 Å². The number of aryl methyl sites for hydroxylation is 3. The molecule has 150 valence electrons. The standard InChI is InChI=1S/C22H25N5O2/c1-15-9-16(2)21(17(3)10-15)26-20(28)13-24-22(29)23-11-18-12-25-27(14-18)19-7-5-4-6-8-19/h4-10,12,14H,11,13H2,1-3H3,(H,26,28)(H2,23,24,29). The van der Waals surface area contributed by atoms with Gasteiger partial charge in [-0.1, -0.05) is 35.9 Å². The Kier molecular flexibility index (Phi) is 6.29. The first kappa shape index (κ1) is 20.1. The van der Waals surface area contributed by atoms with Gasteiger partial charge in [0.2, 0.25) is 5.91 Å². The molecular weight excluding hydrogens is 366 g/mol. The highest BCUT2D eigenvalue weighted by Crippen LogP contribution is 2.21. The van der Waals surface area contributed by atoms with Crippen molar-refractivity contribution in [3.63, 3.8) is 0 Å². The summed E-state index contributed by atoms with van der Waals surface area (Å²) in [6.45, 7) is 6.12. The first-order valence-electron chi connectivity index (χ1n) is 9.41. The average molecular weight is 391 g/mol. The van der Waals surface area contributed by atoms with E-state index in [0.29, 0.717) is 6.54 Å². The summed E-state index contributed by atoms with van der Waals surface area (Å²) >= 11 is 0. The van der Waals surface area contributed by atoms with Crippen LogP contribution in [0.2, 0.25) is 0 Å². The van der Waals surface area contributed by atoms with Crippen molar-refractivity contribution in [2.24, 2.45) is 0 Å². The van der Waals surface area contributed by atoms with Crippen LogP contribution < -0.4 is 16.0 Å². The maximum atomic E-state index is 12.2. The molecule has 3 rings (SSSR count). The number of amides is 3. The quantitative estimate of drug-likeness (QED) is 0.603. The van der Waals surface area contributed by atoms with Gasteiger partial charge in [0, 0.05) is 24.0 Å². The maximum Gasteiger partial charge on any atom is 0.315 e. The molecule has 0 radical (unpaired) electrons. The van der Waals surface area contributed by atoms with E-state index < -0.39 is 6.03 Å². The fourth-order valence-corrected chi connectivity index (χ4v) is 3.14. The lowest BCUT2D eigenvalue weighted by Gasteiger charge is -2.13. The summed E-state index contributed by atoms with van der Waals surface area (Å²) < 4.78 is 1.74. The number of hydrogen-bond acceptors (Lipinski definition) is 3. The number of carbonyl (C=O) groups excluding carboxylic acids is 2. The summed E-state index contributed by atoms with van der Waals surface area (Å²) in [5, 5.41) is 12.5. The SMILES string of the molecule is Cc1cc(C)c(NC(=O)CNC(=O)NCc2cnn(-c3ccccc3)c2)c(C)c1. The highest BCUT2D eigenvalue weighted by atomic mass is 16.2. The molecule has 0 atom stereocenters. The molecule has 0 saturated heterocycles. The van der Waals surface area contributed by atoms with E-state index in [9.17, 15) is 9.59 Å². The number of carbonyl (C=O) groups is 2. The van der Waals surface area contributed by atoms with Crippen LogP contribution in [0.25, 0.3) is 5.69 Å². The molecule has 0 fully saturated rings. The summed E-state index contributed by atoms with van der Waals surface area (Å²) in [7, 11) is 0. The summed E-state index contributed by atoms with van der Waals surface area (Å²) in [5.41, 5.74) is 5.73. The molecule has 3 amide bonds. The monoisotopic (exact) mass is 391 g/mol. The second kappa shape index (κ2) is 9.05. The minimum Gasteiger partial charge on any atom is -0.334 e. The molecule has 1 aromatic heterocycles. The normalized spacial score (nSPS) is 10.4. The van der Waals surface area contributed by atoms with Gasteiger partial charge in [-0.25, -0.2) is 9.48 Å². The molecule has 0 aliphatic carbocycles. The van der Waals surface area contributed by atoms with Gasteiger partial charge in [-0.05, 0) is 44.0 Å². The van der Waals surface area contributed by atoms with Crippen molar-refractivity contribution in [2.45, 2.75) is 27.3 Å². The van der Waals surface area contributed by atoms with Gasteiger partial charge in [-0.3, -0.25) is 4.79 Å². The zero-order valence-corrected chi connectivity index (χ0v) is 16.8. The zero-order chi connectivity index (χ0) is 20.8. The number of para-hydroxylation sites is 1. The van der Waals surface area contributed by atoms with Gasteiger partial charge in [0.1, 0.15) is 0 Å². The first-order valence-corrected chi connectivity index (χ1v) is 9.41. The lowest BCUT2D eigenvalue weighted by Crippen LogP contribution is -2.39. The molecule has 29 heavy (non-hydrogen) atoms. The largest absolute Gasteiger partial charge is 0.334 e. The van der Waals surface area contributed by atoms with Crippen LogP contribution in [0.3, 0.4) is 0 Å². The van der Waals surface area contributed by atoms with Gasteiger partial charge >= 0.3 is 6.03 Å². The van der Waals surface area contributed by atoms with Gasteiger partial charge in [-0.2, -0.15) is 5.10 Å². The van der Waals surface area contributed by atoms with Crippen molar-refractivity contribution in [2.75, 3.05) is 11.9 Å². The van der Waals surface area contributed by atoms with Crippen LogP contribution >= 0.6 is 0 Å². The van der Waals surface area contributed by atoms with Gasteiger partial charge in [0.25, 0.3) is 0 Å². The molecule has 0 spiro atoms. The summed E-state index contributed by atoms with van der Waals surface area (Å²) in [5.74, 6) is -0.271. The van der Waals surface area contributed by atoms with E-state index in [-0.39, 0.29) is 12.5 Å². The van der Waals surface area contributed by atoms with Gasteiger partial charge in [0.15, 0.2) is 0 Å². The maximum absolute atomic E-state index is 12.2. The summed E-state index contributed by atoms with van der Waals surface area (Å²) in [4.78, 5) is 24.2. The molecule has 0 bridgehead atoms. The third-order valence-electron chi connectivity index (χ3n) is 4.46. The molecular formula is C22H25N5O2. The van der Waals surface area contributed by atoms with E-state index >= 15 is 0 Å². The van der Waals surface area contributed by atoms with Crippen molar-refractivity contribution >= 4 is 17.6 Å². The highest BCUT2D eigenvalue weighted by Gasteiger charge is 2.10. The number of urea groups is 1. The first-order chi connectivity index (χ1) is 13.9. The Labute approximate surface area is 170 Å². The van der Waals surface area contributed by atoms with E-state index in [2.05, 4.69) is 21.0 Å². The topological polar surface area (TPSA) is 88.1 Å². The van der Waals surface area contributed by atoms with Crippen molar-refractivity contribution in [1.29, 1.82) is 0 Å². The number of aromatic nitrogens is 2. The fourth-order valence-electron chi connectivity index (χ4n) is 3.14. The van der Waals surface area contributed by atoms with Crippen LogP contribution in [0.15, 0.2) is 54.9 Å². The Morgan fingerprint density at radius 1 is 1.00 bits per heavy atom.